The molecule has 1 amide bonds. The van der Waals surface area contributed by atoms with Crippen LogP contribution < -0.4 is 5.32 Å². The molecule has 1 heterocycles. The van der Waals surface area contributed by atoms with Crippen LogP contribution in [0.3, 0.4) is 0 Å². The Morgan fingerprint density at radius 3 is 2.60 bits per heavy atom. The van der Waals surface area contributed by atoms with Gasteiger partial charge in [-0.2, -0.15) is 11.8 Å². The van der Waals surface area contributed by atoms with Gasteiger partial charge in [-0.1, -0.05) is 35.9 Å². The van der Waals surface area contributed by atoms with Crippen molar-refractivity contribution >= 4 is 27.7 Å². The molecule has 1 fully saturated rings. The van der Waals surface area contributed by atoms with Crippen LogP contribution in [0.5, 0.6) is 0 Å². The van der Waals surface area contributed by atoms with Crippen molar-refractivity contribution in [2.45, 2.75) is 19.8 Å². The second-order valence-electron chi connectivity index (χ2n) is 6.09. The van der Waals surface area contributed by atoms with E-state index < -0.39 is 10.0 Å². The van der Waals surface area contributed by atoms with Gasteiger partial charge in [0.25, 0.3) is 0 Å². The summed E-state index contributed by atoms with van der Waals surface area (Å²) in [6.07, 6.45) is 3.26. The number of carbonyl (C=O) groups excluding carboxylic acids is 1. The smallest absolute Gasteiger partial charge is 0.243 e. The number of benzene rings is 1. The number of allylic oxidation sites excluding steroid dienone is 1. The summed E-state index contributed by atoms with van der Waals surface area (Å²) in [5, 5.41) is 2.68. The van der Waals surface area contributed by atoms with E-state index >= 15 is 0 Å². The predicted octanol–water partition coefficient (Wildman–Crippen LogP) is 2.06. The minimum atomic E-state index is -3.27. The van der Waals surface area contributed by atoms with E-state index in [1.165, 1.54) is 9.87 Å². The van der Waals surface area contributed by atoms with Crippen molar-refractivity contribution in [3.8, 4) is 0 Å². The zero-order chi connectivity index (χ0) is 18.1. The first kappa shape index (κ1) is 20.0. The van der Waals surface area contributed by atoms with Crippen LogP contribution in [-0.2, 0) is 21.2 Å². The molecule has 138 valence electrons. The first-order valence-electron chi connectivity index (χ1n) is 8.52. The molecule has 1 aliphatic heterocycles. The molecule has 1 aromatic rings. The molecule has 0 radical (unpaired) electrons. The molecule has 1 aromatic carbocycles. The van der Waals surface area contributed by atoms with Crippen molar-refractivity contribution in [1.82, 2.24) is 9.62 Å². The molecule has 0 saturated carbocycles. The minimum absolute atomic E-state index is 0.0414. The fraction of sp³-hybridized carbons (Fsp3) is 0.500. The Balaban J connectivity index is 1.72. The first-order valence-corrected chi connectivity index (χ1v) is 11.3. The summed E-state index contributed by atoms with van der Waals surface area (Å²) in [6.45, 7) is 3.21. The largest absolute Gasteiger partial charge is 0.351 e. The zero-order valence-electron chi connectivity index (χ0n) is 14.6. The van der Waals surface area contributed by atoms with Crippen molar-refractivity contribution in [3.05, 3.63) is 47.5 Å². The number of amides is 1. The van der Waals surface area contributed by atoms with Gasteiger partial charge >= 0.3 is 0 Å². The van der Waals surface area contributed by atoms with Gasteiger partial charge in [-0.3, -0.25) is 4.79 Å². The van der Waals surface area contributed by atoms with Crippen LogP contribution >= 0.6 is 11.8 Å². The number of thioether (sulfide) groups is 1. The fourth-order valence-electron chi connectivity index (χ4n) is 2.59. The molecule has 0 atom stereocenters. The number of nitrogens with zero attached hydrogens (tertiary/aromatic N) is 1. The SMILES string of the molecule is CC(=CC(=O)NCCS(=O)(=O)N1CCSCC1)CCc1ccccc1. The van der Waals surface area contributed by atoms with Crippen molar-refractivity contribution < 1.29 is 13.2 Å². The number of carbonyl (C=O) groups is 1. The van der Waals surface area contributed by atoms with Gasteiger partial charge < -0.3 is 5.32 Å². The molecule has 0 aromatic heterocycles. The molecule has 0 bridgehead atoms. The van der Waals surface area contributed by atoms with Gasteiger partial charge in [0.2, 0.25) is 15.9 Å². The van der Waals surface area contributed by atoms with Crippen LogP contribution in [0.25, 0.3) is 0 Å². The van der Waals surface area contributed by atoms with Gasteiger partial charge in [0.05, 0.1) is 5.75 Å². The molecule has 0 aliphatic carbocycles. The highest BCUT2D eigenvalue weighted by Gasteiger charge is 2.23. The Kier molecular flexibility index (Phi) is 7.99. The van der Waals surface area contributed by atoms with E-state index in [0.29, 0.717) is 13.1 Å². The van der Waals surface area contributed by atoms with Gasteiger partial charge in [-0.25, -0.2) is 12.7 Å². The van der Waals surface area contributed by atoms with Crippen molar-refractivity contribution in [2.75, 3.05) is 36.9 Å². The predicted molar refractivity (Wildman–Crippen MR) is 104 cm³/mol. The number of hydrogen-bond acceptors (Lipinski definition) is 4. The number of hydrogen-bond donors (Lipinski definition) is 1. The first-order chi connectivity index (χ1) is 12.0. The standard InChI is InChI=1S/C18H26N2O3S2/c1-16(7-8-17-5-3-2-4-6-17)15-18(21)19-9-14-25(22,23)20-10-12-24-13-11-20/h2-6,15H,7-14H2,1H3,(H,19,21). The van der Waals surface area contributed by atoms with Crippen molar-refractivity contribution in [3.63, 3.8) is 0 Å². The molecule has 0 unspecified atom stereocenters. The Hall–Kier alpha value is -1.31. The summed E-state index contributed by atoms with van der Waals surface area (Å²) < 4.78 is 25.9. The third-order valence-corrected chi connectivity index (χ3v) is 6.87. The Labute approximate surface area is 154 Å². The van der Waals surface area contributed by atoms with Crippen molar-refractivity contribution in [1.29, 1.82) is 0 Å². The number of rotatable bonds is 8. The summed E-state index contributed by atoms with van der Waals surface area (Å²) in [7, 11) is -3.27. The van der Waals surface area contributed by atoms with E-state index in [1.807, 2.05) is 25.1 Å². The van der Waals surface area contributed by atoms with E-state index in [0.717, 1.165) is 29.9 Å². The van der Waals surface area contributed by atoms with E-state index in [2.05, 4.69) is 17.4 Å². The second-order valence-corrected chi connectivity index (χ2v) is 9.41. The lowest BCUT2D eigenvalue weighted by Gasteiger charge is -2.25. The monoisotopic (exact) mass is 382 g/mol. The molecule has 0 spiro atoms. The summed E-state index contributed by atoms with van der Waals surface area (Å²) in [6, 6.07) is 10.1. The molecular weight excluding hydrogens is 356 g/mol. The molecule has 1 aliphatic rings. The van der Waals surface area contributed by atoms with E-state index in [-0.39, 0.29) is 18.2 Å². The average molecular weight is 383 g/mol. The van der Waals surface area contributed by atoms with Gasteiger partial charge in [0.15, 0.2) is 0 Å². The lowest BCUT2D eigenvalue weighted by molar-refractivity contribution is -0.116. The number of sulfonamides is 1. The van der Waals surface area contributed by atoms with Crippen LogP contribution in [0.15, 0.2) is 42.0 Å². The lowest BCUT2D eigenvalue weighted by atomic mass is 10.1. The molecule has 2 rings (SSSR count). The maximum Gasteiger partial charge on any atom is 0.243 e. The van der Waals surface area contributed by atoms with Gasteiger partial charge in [0, 0.05) is 37.2 Å². The molecule has 1 saturated heterocycles. The van der Waals surface area contributed by atoms with E-state index in [4.69, 9.17) is 0 Å². The summed E-state index contributed by atoms with van der Waals surface area (Å²) >= 11 is 1.77. The third-order valence-electron chi connectivity index (χ3n) is 4.05. The Morgan fingerprint density at radius 1 is 1.24 bits per heavy atom. The molecule has 1 N–H and O–H groups in total. The topological polar surface area (TPSA) is 66.5 Å². The summed E-state index contributed by atoms with van der Waals surface area (Å²) in [5.74, 6) is 1.42. The van der Waals surface area contributed by atoms with E-state index in [9.17, 15) is 13.2 Å². The van der Waals surface area contributed by atoms with Crippen LogP contribution in [-0.4, -0.2) is 55.5 Å². The third kappa shape index (κ3) is 7.22. The molecule has 7 heteroatoms. The minimum Gasteiger partial charge on any atom is -0.351 e. The quantitative estimate of drug-likeness (QED) is 0.699. The van der Waals surface area contributed by atoms with Crippen LogP contribution in [0.2, 0.25) is 0 Å². The van der Waals surface area contributed by atoms with Gasteiger partial charge in [-0.15, -0.1) is 0 Å². The molecule has 25 heavy (non-hydrogen) atoms. The lowest BCUT2D eigenvalue weighted by Crippen LogP contribution is -2.41. The Bertz CT molecular complexity index is 682. The van der Waals surface area contributed by atoms with Gasteiger partial charge in [0.1, 0.15) is 0 Å². The zero-order valence-corrected chi connectivity index (χ0v) is 16.2. The maximum atomic E-state index is 12.2. The highest BCUT2D eigenvalue weighted by molar-refractivity contribution is 7.99. The average Bonchev–Trinajstić information content (AvgIpc) is 2.61. The highest BCUT2D eigenvalue weighted by Crippen LogP contribution is 2.13. The molecule has 5 nitrogen and oxygen atoms in total. The van der Waals surface area contributed by atoms with Crippen LogP contribution in [0.1, 0.15) is 18.9 Å². The second kappa shape index (κ2) is 9.99. The van der Waals surface area contributed by atoms with Crippen molar-refractivity contribution in [2.24, 2.45) is 0 Å². The fourth-order valence-corrected chi connectivity index (χ4v) is 5.08. The number of aryl methyl sites for hydroxylation is 1. The van der Waals surface area contributed by atoms with Crippen LogP contribution in [0, 0.1) is 0 Å². The Morgan fingerprint density at radius 2 is 1.92 bits per heavy atom. The van der Waals surface area contributed by atoms with Gasteiger partial charge in [-0.05, 0) is 25.3 Å². The summed E-state index contributed by atoms with van der Waals surface area (Å²) in [5.41, 5.74) is 2.22. The maximum absolute atomic E-state index is 12.2. The van der Waals surface area contributed by atoms with Crippen LogP contribution in [0.4, 0.5) is 0 Å². The highest BCUT2D eigenvalue weighted by atomic mass is 32.2. The summed E-state index contributed by atoms with van der Waals surface area (Å²) in [4.78, 5) is 11.9. The number of nitrogens with one attached hydrogen (secondary N) is 1. The molecular formula is C18H26N2O3S2. The van der Waals surface area contributed by atoms with E-state index in [1.54, 1.807) is 17.8 Å². The normalized spacial score (nSPS) is 16.6.